The Balaban J connectivity index is 1.43. The van der Waals surface area contributed by atoms with Gasteiger partial charge in [-0.25, -0.2) is 22.0 Å². The third kappa shape index (κ3) is 8.95. The Bertz CT molecular complexity index is 1760. The molecule has 3 heterocycles. The van der Waals surface area contributed by atoms with Crippen molar-refractivity contribution in [2.45, 2.75) is 43.7 Å². The third-order valence-electron chi connectivity index (χ3n) is 8.34. The smallest absolute Gasteiger partial charge is 0.435 e. The van der Waals surface area contributed by atoms with E-state index in [1.807, 2.05) is 6.92 Å². The Morgan fingerprint density at radius 2 is 1.72 bits per heavy atom. The molecule has 0 spiro atoms. The van der Waals surface area contributed by atoms with Gasteiger partial charge >= 0.3 is 6.09 Å². The predicted octanol–water partition coefficient (Wildman–Crippen LogP) is 3.71. The van der Waals surface area contributed by atoms with Crippen LogP contribution in [0.1, 0.15) is 41.4 Å². The van der Waals surface area contributed by atoms with Crippen molar-refractivity contribution in [2.75, 3.05) is 77.5 Å². The van der Waals surface area contributed by atoms with Gasteiger partial charge in [-0.15, -0.1) is 5.10 Å². The first-order valence-electron chi connectivity index (χ1n) is 16.3. The first kappa shape index (κ1) is 37.1. The van der Waals surface area contributed by atoms with Gasteiger partial charge in [0.1, 0.15) is 30.6 Å². The second-order valence-electron chi connectivity index (χ2n) is 12.0. The van der Waals surface area contributed by atoms with Gasteiger partial charge in [0.15, 0.2) is 5.82 Å². The molecule has 1 amide bonds. The average Bonchev–Trinajstić information content (AvgIpc) is 3.72. The van der Waals surface area contributed by atoms with Gasteiger partial charge < -0.3 is 29.6 Å². The van der Waals surface area contributed by atoms with Crippen molar-refractivity contribution >= 4 is 33.5 Å². The Morgan fingerprint density at radius 1 is 0.980 bits per heavy atom. The van der Waals surface area contributed by atoms with Gasteiger partial charge in [0, 0.05) is 64.0 Å². The summed E-state index contributed by atoms with van der Waals surface area (Å²) in [7, 11) is -1.37. The van der Waals surface area contributed by atoms with Crippen LogP contribution in [-0.4, -0.2) is 112 Å². The zero-order valence-electron chi connectivity index (χ0n) is 28.2. The van der Waals surface area contributed by atoms with Crippen LogP contribution in [0.3, 0.4) is 0 Å². The fraction of sp³-hybridized carbons (Fsp3) is 0.485. The minimum absolute atomic E-state index is 0.0145. The van der Waals surface area contributed by atoms with E-state index in [1.54, 1.807) is 25.3 Å². The first-order valence-corrected chi connectivity index (χ1v) is 17.7. The minimum Gasteiger partial charge on any atom is -0.492 e. The van der Waals surface area contributed by atoms with Crippen molar-refractivity contribution in [1.82, 2.24) is 19.0 Å². The Hall–Kier alpha value is -4.16. The highest BCUT2D eigenvalue weighted by Crippen LogP contribution is 2.32. The summed E-state index contributed by atoms with van der Waals surface area (Å²) < 4.78 is 78.4. The highest BCUT2D eigenvalue weighted by Gasteiger charge is 2.35. The van der Waals surface area contributed by atoms with Gasteiger partial charge in [-0.05, 0) is 57.1 Å². The molecule has 2 aliphatic heterocycles. The molecule has 14 nitrogen and oxygen atoms in total. The zero-order chi connectivity index (χ0) is 35.8. The summed E-state index contributed by atoms with van der Waals surface area (Å²) in [6.07, 6.45) is 1.48. The van der Waals surface area contributed by atoms with Crippen LogP contribution in [0.15, 0.2) is 41.3 Å². The molecule has 0 aliphatic carbocycles. The van der Waals surface area contributed by atoms with Gasteiger partial charge in [-0.1, -0.05) is 0 Å². The van der Waals surface area contributed by atoms with Crippen molar-refractivity contribution in [3.63, 3.8) is 0 Å². The lowest BCUT2D eigenvalue weighted by atomic mass is 10.1. The lowest BCUT2D eigenvalue weighted by Gasteiger charge is -2.27. The van der Waals surface area contributed by atoms with Crippen LogP contribution >= 0.6 is 0 Å². The quantitative estimate of drug-likeness (QED) is 0.221. The van der Waals surface area contributed by atoms with Crippen molar-refractivity contribution in [3.05, 3.63) is 64.9 Å². The van der Waals surface area contributed by atoms with Gasteiger partial charge in [-0.2, -0.15) is 8.99 Å². The largest absolute Gasteiger partial charge is 0.492 e. The Labute approximate surface area is 289 Å². The predicted molar refractivity (Wildman–Crippen MR) is 179 cm³/mol. The second kappa shape index (κ2) is 16.7. The molecule has 1 atom stereocenters. The summed E-state index contributed by atoms with van der Waals surface area (Å²) in [6.45, 7) is 5.16. The molecule has 1 aromatic heterocycles. The van der Waals surface area contributed by atoms with Crippen LogP contribution < -0.4 is 15.4 Å². The number of likely N-dealkylation sites (tertiary alicyclic amines) is 1. The number of rotatable bonds is 15. The normalized spacial score (nSPS) is 15.8. The molecule has 2 N–H and O–H groups in total. The number of carbonyl (C=O) groups is 2. The van der Waals surface area contributed by atoms with E-state index in [-0.39, 0.29) is 55.7 Å². The van der Waals surface area contributed by atoms with E-state index in [9.17, 15) is 26.8 Å². The van der Waals surface area contributed by atoms with Crippen LogP contribution in [-0.2, 0) is 37.2 Å². The average molecular weight is 721 g/mol. The van der Waals surface area contributed by atoms with E-state index in [2.05, 4.69) is 20.6 Å². The standard InChI is InChI=1S/C33H42F2N6O8S/c1-22(21-47-3)36-29-19-25(48-13-12-39-9-4-5-10-39)6-7-27(29)32(42)37-31-28-20-40(50(44,45)26-17-23(34)16-24(35)18-26)11-8-30(28)41(38-31)33(43)49-15-14-46-2/h6-7,16-19,22,36H,4-5,8-15,20-21H2,1-3H3,(H,37,38,42)/t22-/m1/s1. The number of fused-ring (bicyclic) bond motifs is 1. The van der Waals surface area contributed by atoms with Crippen molar-refractivity contribution < 1.29 is 45.7 Å². The number of nitrogens with one attached hydrogen (secondary N) is 2. The maximum Gasteiger partial charge on any atom is 0.435 e. The number of aromatic nitrogens is 2. The number of hydrogen-bond donors (Lipinski definition) is 2. The molecule has 0 unspecified atom stereocenters. The van der Waals surface area contributed by atoms with Crippen molar-refractivity contribution in [2.24, 2.45) is 0 Å². The van der Waals surface area contributed by atoms with Gasteiger partial charge in [0.05, 0.1) is 35.1 Å². The van der Waals surface area contributed by atoms with Crippen molar-refractivity contribution in [3.8, 4) is 5.75 Å². The topological polar surface area (TPSA) is 154 Å². The second-order valence-corrected chi connectivity index (χ2v) is 14.0. The Morgan fingerprint density at radius 3 is 2.42 bits per heavy atom. The number of methoxy groups -OCH3 is 2. The van der Waals surface area contributed by atoms with E-state index in [1.165, 1.54) is 20.0 Å². The number of carbonyl (C=O) groups excluding carboxylic acids is 2. The number of hydrogen-bond acceptors (Lipinski definition) is 11. The molecule has 5 rings (SSSR count). The van der Waals surface area contributed by atoms with E-state index in [4.69, 9.17) is 18.9 Å². The number of anilines is 2. The molecule has 1 saturated heterocycles. The zero-order valence-corrected chi connectivity index (χ0v) is 29.1. The monoisotopic (exact) mass is 720 g/mol. The molecule has 50 heavy (non-hydrogen) atoms. The summed E-state index contributed by atoms with van der Waals surface area (Å²) in [4.78, 5) is 28.7. The summed E-state index contributed by atoms with van der Waals surface area (Å²) in [5, 5.41) is 10.4. The fourth-order valence-corrected chi connectivity index (χ4v) is 7.36. The van der Waals surface area contributed by atoms with Crippen LogP contribution in [0.4, 0.5) is 25.1 Å². The van der Waals surface area contributed by atoms with E-state index in [0.717, 1.165) is 40.8 Å². The van der Waals surface area contributed by atoms with Gasteiger partial charge in [0.2, 0.25) is 10.0 Å². The molecule has 272 valence electrons. The van der Waals surface area contributed by atoms with Gasteiger partial charge in [-0.3, -0.25) is 9.69 Å². The van der Waals surface area contributed by atoms with E-state index in [0.29, 0.717) is 36.4 Å². The number of halogens is 2. The summed E-state index contributed by atoms with van der Waals surface area (Å²) in [6, 6.07) is 6.84. The maximum absolute atomic E-state index is 14.0. The Kier molecular flexibility index (Phi) is 12.4. The van der Waals surface area contributed by atoms with Crippen LogP contribution in [0.5, 0.6) is 5.75 Å². The number of nitrogens with zero attached hydrogens (tertiary/aromatic N) is 4. The fourth-order valence-electron chi connectivity index (χ4n) is 5.91. The summed E-state index contributed by atoms with van der Waals surface area (Å²) in [5.41, 5.74) is 1.21. The van der Waals surface area contributed by atoms with Crippen molar-refractivity contribution in [1.29, 1.82) is 0 Å². The molecular weight excluding hydrogens is 678 g/mol. The maximum atomic E-state index is 14.0. The lowest BCUT2D eigenvalue weighted by molar-refractivity contribution is 0.0967. The number of ether oxygens (including phenoxy) is 4. The molecule has 3 aromatic rings. The molecular formula is C33H42F2N6O8S. The van der Waals surface area contributed by atoms with E-state index < -0.39 is 38.6 Å². The molecule has 0 saturated carbocycles. The third-order valence-corrected chi connectivity index (χ3v) is 10.2. The van der Waals surface area contributed by atoms with Gasteiger partial charge in [0.25, 0.3) is 5.91 Å². The molecule has 2 aromatic carbocycles. The van der Waals surface area contributed by atoms with E-state index >= 15 is 0 Å². The number of amides is 1. The summed E-state index contributed by atoms with van der Waals surface area (Å²) in [5.74, 6) is -2.22. The molecule has 1 fully saturated rings. The SMILES string of the molecule is COCCOC(=O)n1nc(NC(=O)c2ccc(OCCN3CCCC3)cc2N[C@H](C)COC)c2c1CCN(S(=O)(=O)c1cc(F)cc(F)c1)C2. The molecule has 17 heteroatoms. The minimum atomic E-state index is -4.39. The van der Waals surface area contributed by atoms with Crippen LogP contribution in [0.2, 0.25) is 0 Å². The molecule has 2 aliphatic rings. The highest BCUT2D eigenvalue weighted by atomic mass is 32.2. The number of benzene rings is 2. The lowest BCUT2D eigenvalue weighted by Crippen LogP contribution is -2.37. The van der Waals surface area contributed by atoms with Crippen LogP contribution in [0.25, 0.3) is 0 Å². The van der Waals surface area contributed by atoms with Crippen LogP contribution in [0, 0.1) is 11.6 Å². The first-order chi connectivity index (χ1) is 24.0. The molecule has 0 radical (unpaired) electrons. The number of sulfonamides is 1. The summed E-state index contributed by atoms with van der Waals surface area (Å²) >= 11 is 0. The highest BCUT2D eigenvalue weighted by molar-refractivity contribution is 7.89. The molecule has 0 bridgehead atoms.